The maximum absolute atomic E-state index is 8.67. The summed E-state index contributed by atoms with van der Waals surface area (Å²) in [7, 11) is 1.63. The summed E-state index contributed by atoms with van der Waals surface area (Å²) in [5.41, 5.74) is 8.31. The van der Waals surface area contributed by atoms with Crippen LogP contribution in [0.3, 0.4) is 0 Å². The van der Waals surface area contributed by atoms with Crippen LogP contribution in [0.5, 0.6) is 11.5 Å². The average Bonchev–Trinajstić information content (AvgIpc) is 2.53. The molecular weight excluding hydrogens is 268 g/mol. The smallest absolute Gasteiger partial charge is 0.170 e. The maximum atomic E-state index is 8.67. The molecule has 5 heteroatoms. The van der Waals surface area contributed by atoms with E-state index in [1.807, 2.05) is 43.3 Å². The first kappa shape index (κ1) is 14.7. The summed E-state index contributed by atoms with van der Waals surface area (Å²) in [6.07, 6.45) is 0. The molecule has 0 aliphatic carbocycles. The van der Waals surface area contributed by atoms with E-state index in [0.29, 0.717) is 12.2 Å². The molecule has 110 valence electrons. The van der Waals surface area contributed by atoms with Gasteiger partial charge in [-0.1, -0.05) is 17.3 Å². The highest BCUT2D eigenvalue weighted by Crippen LogP contribution is 2.19. The minimum absolute atomic E-state index is 0.0979. The number of aryl methyl sites for hydroxylation is 1. The van der Waals surface area contributed by atoms with Crippen molar-refractivity contribution in [2.45, 2.75) is 13.5 Å². The first-order chi connectivity index (χ1) is 10.1. The lowest BCUT2D eigenvalue weighted by molar-refractivity contribution is 0.304. The second-order valence-electron chi connectivity index (χ2n) is 4.59. The highest BCUT2D eigenvalue weighted by Gasteiger charge is 2.04. The topological polar surface area (TPSA) is 77.1 Å². The fourth-order valence-corrected chi connectivity index (χ4v) is 1.91. The molecule has 0 radical (unpaired) electrons. The Balaban J connectivity index is 2.05. The summed E-state index contributed by atoms with van der Waals surface area (Å²) in [5.74, 6) is 1.66. The van der Waals surface area contributed by atoms with E-state index in [1.165, 1.54) is 0 Å². The molecular formula is C16H18N2O3. The Morgan fingerprint density at radius 3 is 2.38 bits per heavy atom. The molecule has 0 amide bonds. The lowest BCUT2D eigenvalue weighted by Crippen LogP contribution is -2.13. The van der Waals surface area contributed by atoms with Gasteiger partial charge in [0.05, 0.1) is 7.11 Å². The number of hydrogen-bond acceptors (Lipinski definition) is 4. The number of benzene rings is 2. The normalized spacial score (nSPS) is 11.2. The zero-order chi connectivity index (χ0) is 15.2. The van der Waals surface area contributed by atoms with Crippen LogP contribution >= 0.6 is 0 Å². The van der Waals surface area contributed by atoms with E-state index < -0.39 is 0 Å². The van der Waals surface area contributed by atoms with E-state index >= 15 is 0 Å². The zero-order valence-electron chi connectivity index (χ0n) is 12.0. The van der Waals surface area contributed by atoms with E-state index in [0.717, 1.165) is 22.6 Å². The predicted molar refractivity (Wildman–Crippen MR) is 81.0 cm³/mol. The molecule has 2 aromatic carbocycles. The molecule has 21 heavy (non-hydrogen) atoms. The number of amidine groups is 1. The number of hydrogen-bond donors (Lipinski definition) is 2. The summed E-state index contributed by atoms with van der Waals surface area (Å²) in [6.45, 7) is 2.41. The lowest BCUT2D eigenvalue weighted by Gasteiger charge is -2.10. The number of nitrogens with zero attached hydrogens (tertiary/aromatic N) is 1. The molecule has 0 aromatic heterocycles. The summed E-state index contributed by atoms with van der Waals surface area (Å²) < 4.78 is 10.8. The molecule has 0 fully saturated rings. The summed E-state index contributed by atoms with van der Waals surface area (Å²) >= 11 is 0. The van der Waals surface area contributed by atoms with Gasteiger partial charge in [-0.2, -0.15) is 0 Å². The molecule has 0 spiro atoms. The monoisotopic (exact) mass is 286 g/mol. The minimum atomic E-state index is 0.0979. The molecule has 0 heterocycles. The molecule has 0 saturated carbocycles. The Labute approximate surface area is 123 Å². The molecule has 3 N–H and O–H groups in total. The van der Waals surface area contributed by atoms with E-state index in [1.54, 1.807) is 13.2 Å². The van der Waals surface area contributed by atoms with E-state index in [9.17, 15) is 0 Å². The van der Waals surface area contributed by atoms with Crippen LogP contribution in [0.2, 0.25) is 0 Å². The third-order valence-corrected chi connectivity index (χ3v) is 3.20. The zero-order valence-corrected chi connectivity index (χ0v) is 12.0. The Kier molecular flexibility index (Phi) is 4.66. The van der Waals surface area contributed by atoms with Gasteiger partial charge in [-0.05, 0) is 48.4 Å². The molecule has 2 rings (SSSR count). The summed E-state index contributed by atoms with van der Waals surface area (Å²) in [6, 6.07) is 13.0. The lowest BCUT2D eigenvalue weighted by atomic mass is 10.1. The number of oxime groups is 1. The van der Waals surface area contributed by atoms with Crippen molar-refractivity contribution in [2.24, 2.45) is 10.9 Å². The highest BCUT2D eigenvalue weighted by molar-refractivity contribution is 5.97. The number of nitrogens with two attached hydrogens (primary N) is 1. The van der Waals surface area contributed by atoms with Crippen molar-refractivity contribution in [3.8, 4) is 11.5 Å². The molecule has 2 aromatic rings. The Morgan fingerprint density at radius 2 is 1.81 bits per heavy atom. The van der Waals surface area contributed by atoms with Crippen LogP contribution in [-0.4, -0.2) is 18.2 Å². The van der Waals surface area contributed by atoms with Crippen molar-refractivity contribution in [1.82, 2.24) is 0 Å². The first-order valence-electron chi connectivity index (χ1n) is 6.48. The quantitative estimate of drug-likeness (QED) is 0.383. The molecule has 0 aliphatic rings. The number of rotatable bonds is 5. The van der Waals surface area contributed by atoms with E-state index in [4.69, 9.17) is 20.4 Å². The van der Waals surface area contributed by atoms with Crippen molar-refractivity contribution in [3.63, 3.8) is 0 Å². The molecule has 0 atom stereocenters. The summed E-state index contributed by atoms with van der Waals surface area (Å²) in [5, 5.41) is 11.7. The van der Waals surface area contributed by atoms with Crippen molar-refractivity contribution in [2.75, 3.05) is 7.11 Å². The van der Waals surface area contributed by atoms with Crippen LogP contribution < -0.4 is 15.2 Å². The van der Waals surface area contributed by atoms with Crippen molar-refractivity contribution < 1.29 is 14.7 Å². The van der Waals surface area contributed by atoms with Crippen LogP contribution in [0.4, 0.5) is 0 Å². The van der Waals surface area contributed by atoms with Crippen molar-refractivity contribution in [1.29, 1.82) is 0 Å². The van der Waals surface area contributed by atoms with Crippen LogP contribution in [-0.2, 0) is 6.61 Å². The van der Waals surface area contributed by atoms with Gasteiger partial charge in [-0.25, -0.2) is 0 Å². The van der Waals surface area contributed by atoms with Crippen molar-refractivity contribution in [3.05, 3.63) is 59.2 Å². The average molecular weight is 286 g/mol. The molecule has 0 bridgehead atoms. The second-order valence-corrected chi connectivity index (χ2v) is 4.59. The Hall–Kier alpha value is -2.69. The van der Waals surface area contributed by atoms with Gasteiger partial charge in [0, 0.05) is 5.56 Å². The maximum Gasteiger partial charge on any atom is 0.170 e. The molecule has 5 nitrogen and oxygen atoms in total. The predicted octanol–water partition coefficient (Wildman–Crippen LogP) is 2.68. The van der Waals surface area contributed by atoms with Gasteiger partial charge < -0.3 is 20.4 Å². The summed E-state index contributed by atoms with van der Waals surface area (Å²) in [4.78, 5) is 0. The van der Waals surface area contributed by atoms with Gasteiger partial charge in [0.25, 0.3) is 0 Å². The second kappa shape index (κ2) is 6.65. The van der Waals surface area contributed by atoms with Crippen molar-refractivity contribution >= 4 is 5.84 Å². The highest BCUT2D eigenvalue weighted by atomic mass is 16.5. The Morgan fingerprint density at radius 1 is 1.14 bits per heavy atom. The largest absolute Gasteiger partial charge is 0.497 e. The van der Waals surface area contributed by atoms with Crippen LogP contribution in [0.1, 0.15) is 16.7 Å². The molecule has 0 unspecified atom stereocenters. The van der Waals surface area contributed by atoms with Gasteiger partial charge in [-0.15, -0.1) is 0 Å². The van der Waals surface area contributed by atoms with Gasteiger partial charge in [0.1, 0.15) is 18.1 Å². The molecule has 0 aliphatic heterocycles. The van der Waals surface area contributed by atoms with Gasteiger partial charge in [0.2, 0.25) is 0 Å². The fourth-order valence-electron chi connectivity index (χ4n) is 1.91. The van der Waals surface area contributed by atoms with Crippen LogP contribution in [0, 0.1) is 6.92 Å². The third-order valence-electron chi connectivity index (χ3n) is 3.20. The standard InChI is InChI=1S/C16H18N2O3/c1-11-9-12(16(17)18-19)3-4-13(11)10-21-15-7-5-14(20-2)6-8-15/h3-9,19H,10H2,1-2H3,(H2,17,18). The minimum Gasteiger partial charge on any atom is -0.497 e. The van der Waals surface area contributed by atoms with E-state index in [2.05, 4.69) is 5.16 Å². The third kappa shape index (κ3) is 3.66. The van der Waals surface area contributed by atoms with Gasteiger partial charge >= 0.3 is 0 Å². The molecule has 0 saturated heterocycles. The van der Waals surface area contributed by atoms with Crippen LogP contribution in [0.15, 0.2) is 47.6 Å². The first-order valence-corrected chi connectivity index (χ1v) is 6.48. The number of ether oxygens (including phenoxy) is 2. The van der Waals surface area contributed by atoms with E-state index in [-0.39, 0.29) is 5.84 Å². The Bertz CT molecular complexity index is 636. The van der Waals surface area contributed by atoms with Gasteiger partial charge in [-0.3, -0.25) is 0 Å². The fraction of sp³-hybridized carbons (Fsp3) is 0.188. The number of methoxy groups -OCH3 is 1. The SMILES string of the molecule is COc1ccc(OCc2ccc(/C(N)=N/O)cc2C)cc1. The van der Waals surface area contributed by atoms with Crippen LogP contribution in [0.25, 0.3) is 0 Å². The van der Waals surface area contributed by atoms with Gasteiger partial charge in [0.15, 0.2) is 5.84 Å².